The van der Waals surface area contributed by atoms with Crippen LogP contribution in [0.4, 0.5) is 0 Å². The van der Waals surface area contributed by atoms with Crippen LogP contribution in [-0.2, 0) is 4.74 Å². The molecule has 1 saturated heterocycles. The van der Waals surface area contributed by atoms with E-state index in [0.717, 1.165) is 39.3 Å². The summed E-state index contributed by atoms with van der Waals surface area (Å²) < 4.78 is 29.0. The summed E-state index contributed by atoms with van der Waals surface area (Å²) in [5, 5.41) is 0.417. The maximum Gasteiger partial charge on any atom is 0.266 e. The van der Waals surface area contributed by atoms with Gasteiger partial charge in [0.25, 0.3) is 5.56 Å². The van der Waals surface area contributed by atoms with Crippen LogP contribution in [0, 0.1) is 0 Å². The van der Waals surface area contributed by atoms with Gasteiger partial charge in [0.05, 0.1) is 57.7 Å². The lowest BCUT2D eigenvalue weighted by atomic mass is 10.2. The minimum Gasteiger partial charge on any atom is -0.497 e. The number of rotatable bonds is 9. The quantitative estimate of drug-likeness (QED) is 0.455. The Bertz CT molecular complexity index is 1160. The van der Waals surface area contributed by atoms with Crippen molar-refractivity contribution in [2.24, 2.45) is 0 Å². The van der Waals surface area contributed by atoms with Crippen LogP contribution in [0.5, 0.6) is 23.0 Å². The number of ether oxygens (including phenoxy) is 5. The first kappa shape index (κ1) is 22.9. The number of hydrogen-bond acceptors (Lipinski definition) is 8. The maximum atomic E-state index is 13.3. The molecule has 1 aliphatic rings. The van der Waals surface area contributed by atoms with Crippen LogP contribution in [0.1, 0.15) is 6.42 Å². The van der Waals surface area contributed by atoms with Crippen LogP contribution in [-0.4, -0.2) is 75.2 Å². The highest BCUT2D eigenvalue weighted by molar-refractivity contribution is 5.82. The molecule has 0 amide bonds. The number of nitrogens with zero attached hydrogens (tertiary/aromatic N) is 3. The molecular formula is C24H29N3O6. The minimum atomic E-state index is -0.247. The molecule has 0 bridgehead atoms. The lowest BCUT2D eigenvalue weighted by Crippen LogP contribution is -2.37. The van der Waals surface area contributed by atoms with Gasteiger partial charge in [-0.2, -0.15) is 0 Å². The average molecular weight is 456 g/mol. The van der Waals surface area contributed by atoms with E-state index < -0.39 is 0 Å². The Hall–Kier alpha value is -3.30. The Morgan fingerprint density at radius 2 is 1.76 bits per heavy atom. The zero-order chi connectivity index (χ0) is 23.2. The van der Waals surface area contributed by atoms with Crippen molar-refractivity contribution in [2.45, 2.75) is 6.42 Å². The monoisotopic (exact) mass is 455 g/mol. The molecular weight excluding hydrogens is 426 g/mol. The van der Waals surface area contributed by atoms with E-state index in [1.807, 2.05) is 0 Å². The van der Waals surface area contributed by atoms with Gasteiger partial charge in [0, 0.05) is 31.8 Å². The molecule has 0 unspecified atom stereocenters. The first-order valence-corrected chi connectivity index (χ1v) is 10.9. The van der Waals surface area contributed by atoms with Crippen molar-refractivity contribution < 1.29 is 23.7 Å². The SMILES string of the molecule is COc1ccc(OC)c(-n2cnc3cc(OCCCN4CCOCC4)c(OC)cc3c2=O)c1. The Morgan fingerprint density at radius 3 is 2.48 bits per heavy atom. The van der Waals surface area contributed by atoms with Gasteiger partial charge >= 0.3 is 0 Å². The summed E-state index contributed by atoms with van der Waals surface area (Å²) in [5.74, 6) is 2.20. The molecule has 9 nitrogen and oxygen atoms in total. The van der Waals surface area contributed by atoms with Gasteiger partial charge in [0.2, 0.25) is 0 Å². The number of aromatic nitrogens is 2. The molecule has 9 heteroatoms. The van der Waals surface area contributed by atoms with Crippen LogP contribution in [0.15, 0.2) is 41.5 Å². The predicted molar refractivity (Wildman–Crippen MR) is 124 cm³/mol. The van der Waals surface area contributed by atoms with Gasteiger partial charge in [-0.1, -0.05) is 0 Å². The molecule has 4 rings (SSSR count). The summed E-state index contributed by atoms with van der Waals surface area (Å²) in [4.78, 5) is 20.2. The summed E-state index contributed by atoms with van der Waals surface area (Å²) in [6.07, 6.45) is 2.36. The van der Waals surface area contributed by atoms with Crippen LogP contribution in [0.25, 0.3) is 16.6 Å². The second-order valence-corrected chi connectivity index (χ2v) is 7.63. The van der Waals surface area contributed by atoms with E-state index in [0.29, 0.717) is 46.2 Å². The smallest absolute Gasteiger partial charge is 0.266 e. The second kappa shape index (κ2) is 10.5. The van der Waals surface area contributed by atoms with E-state index in [4.69, 9.17) is 23.7 Å². The highest BCUT2D eigenvalue weighted by Gasteiger charge is 2.16. The van der Waals surface area contributed by atoms with Crippen molar-refractivity contribution in [1.82, 2.24) is 14.5 Å². The number of benzene rings is 2. The number of morpholine rings is 1. The summed E-state index contributed by atoms with van der Waals surface area (Å²) in [5.41, 5.74) is 0.824. The maximum absolute atomic E-state index is 13.3. The molecule has 1 fully saturated rings. The summed E-state index contributed by atoms with van der Waals surface area (Å²) in [7, 11) is 4.68. The first-order chi connectivity index (χ1) is 16.1. The topological polar surface area (TPSA) is 84.3 Å². The lowest BCUT2D eigenvalue weighted by molar-refractivity contribution is 0.0357. The van der Waals surface area contributed by atoms with E-state index in [-0.39, 0.29) is 5.56 Å². The Balaban J connectivity index is 1.59. The third kappa shape index (κ3) is 5.04. The van der Waals surface area contributed by atoms with Crippen molar-refractivity contribution in [1.29, 1.82) is 0 Å². The normalized spacial score (nSPS) is 14.3. The van der Waals surface area contributed by atoms with Crippen molar-refractivity contribution in [2.75, 3.05) is 60.8 Å². The summed E-state index contributed by atoms with van der Waals surface area (Å²) >= 11 is 0. The number of hydrogen-bond donors (Lipinski definition) is 0. The minimum absolute atomic E-state index is 0.247. The average Bonchev–Trinajstić information content (AvgIpc) is 2.86. The van der Waals surface area contributed by atoms with Crippen molar-refractivity contribution in [3.05, 3.63) is 47.0 Å². The number of methoxy groups -OCH3 is 3. The highest BCUT2D eigenvalue weighted by Crippen LogP contribution is 2.32. The van der Waals surface area contributed by atoms with E-state index in [1.165, 1.54) is 10.9 Å². The molecule has 0 N–H and O–H groups in total. The molecule has 0 radical (unpaired) electrons. The molecule has 1 aliphatic heterocycles. The molecule has 0 spiro atoms. The van der Waals surface area contributed by atoms with Gasteiger partial charge in [-0.25, -0.2) is 4.98 Å². The fourth-order valence-electron chi connectivity index (χ4n) is 3.85. The van der Waals surface area contributed by atoms with Crippen LogP contribution >= 0.6 is 0 Å². The first-order valence-electron chi connectivity index (χ1n) is 10.9. The Morgan fingerprint density at radius 1 is 0.970 bits per heavy atom. The molecule has 1 aromatic heterocycles. The van der Waals surface area contributed by atoms with Crippen molar-refractivity contribution >= 4 is 10.9 Å². The van der Waals surface area contributed by atoms with Crippen LogP contribution in [0.2, 0.25) is 0 Å². The second-order valence-electron chi connectivity index (χ2n) is 7.63. The van der Waals surface area contributed by atoms with E-state index in [2.05, 4.69) is 9.88 Å². The molecule has 33 heavy (non-hydrogen) atoms. The number of fused-ring (bicyclic) bond motifs is 1. The van der Waals surface area contributed by atoms with Crippen molar-refractivity contribution in [3.63, 3.8) is 0 Å². The Labute approximate surface area is 192 Å². The van der Waals surface area contributed by atoms with Crippen LogP contribution in [0.3, 0.4) is 0 Å². The third-order valence-electron chi connectivity index (χ3n) is 5.67. The Kier molecular flexibility index (Phi) is 7.31. The van der Waals surface area contributed by atoms with Gasteiger partial charge in [0.1, 0.15) is 17.8 Å². The lowest BCUT2D eigenvalue weighted by Gasteiger charge is -2.26. The molecule has 2 heterocycles. The zero-order valence-electron chi connectivity index (χ0n) is 19.2. The molecule has 0 saturated carbocycles. The molecule has 0 aliphatic carbocycles. The highest BCUT2D eigenvalue weighted by atomic mass is 16.5. The summed E-state index contributed by atoms with van der Waals surface area (Å²) in [6.45, 7) is 4.96. The van der Waals surface area contributed by atoms with Gasteiger partial charge < -0.3 is 23.7 Å². The molecule has 0 atom stereocenters. The van der Waals surface area contributed by atoms with E-state index in [9.17, 15) is 4.79 Å². The van der Waals surface area contributed by atoms with Gasteiger partial charge in [0.15, 0.2) is 11.5 Å². The largest absolute Gasteiger partial charge is 0.497 e. The van der Waals surface area contributed by atoms with Gasteiger partial charge in [-0.05, 0) is 24.6 Å². The van der Waals surface area contributed by atoms with E-state index >= 15 is 0 Å². The van der Waals surface area contributed by atoms with Crippen molar-refractivity contribution in [3.8, 4) is 28.7 Å². The fraction of sp³-hybridized carbons (Fsp3) is 0.417. The fourth-order valence-corrected chi connectivity index (χ4v) is 3.85. The van der Waals surface area contributed by atoms with E-state index in [1.54, 1.807) is 51.7 Å². The summed E-state index contributed by atoms with van der Waals surface area (Å²) in [6, 6.07) is 8.67. The molecule has 2 aromatic carbocycles. The molecule has 3 aromatic rings. The predicted octanol–water partition coefficient (Wildman–Crippen LogP) is 2.51. The third-order valence-corrected chi connectivity index (χ3v) is 5.67. The van der Waals surface area contributed by atoms with Gasteiger partial charge in [-0.15, -0.1) is 0 Å². The molecule has 176 valence electrons. The zero-order valence-corrected chi connectivity index (χ0v) is 19.2. The van der Waals surface area contributed by atoms with Crippen LogP contribution < -0.4 is 24.5 Å². The standard InChI is InChI=1S/C24H29N3O6/c1-29-17-5-6-21(30-2)20(13-17)27-16-25-19-15-23(22(31-3)14-18(19)24(27)28)33-10-4-7-26-8-11-32-12-9-26/h5-6,13-16H,4,7-12H2,1-3H3. The van der Waals surface area contributed by atoms with Gasteiger partial charge in [-0.3, -0.25) is 14.3 Å².